The molecular weight excluding hydrogens is 280 g/mol. The Bertz CT molecular complexity index is 334. The molecule has 5 heteroatoms. The number of rotatable bonds is 6. The van der Waals surface area contributed by atoms with Crippen molar-refractivity contribution in [2.45, 2.75) is 26.3 Å². The summed E-state index contributed by atoms with van der Waals surface area (Å²) in [7, 11) is 2.14. The molecule has 0 aromatic carbocycles. The highest BCUT2D eigenvalue weighted by molar-refractivity contribution is 9.10. The van der Waals surface area contributed by atoms with Crippen LogP contribution in [-0.4, -0.2) is 36.1 Å². The third-order valence-corrected chi connectivity index (χ3v) is 3.40. The molecule has 0 atom stereocenters. The first-order chi connectivity index (χ1) is 8.02. The lowest BCUT2D eigenvalue weighted by Crippen LogP contribution is -2.28. The molecule has 0 fully saturated rings. The van der Waals surface area contributed by atoms with Gasteiger partial charge in [0.15, 0.2) is 0 Å². The molecule has 0 amide bonds. The lowest BCUT2D eigenvalue weighted by Gasteiger charge is -2.21. The molecule has 0 bridgehead atoms. The number of nitrogens with zero attached hydrogens (tertiary/aromatic N) is 2. The molecule has 17 heavy (non-hydrogen) atoms. The van der Waals surface area contributed by atoms with Crippen LogP contribution in [0.25, 0.3) is 0 Å². The SMILES string of the molecule is CC(C)N(C)CCCNc1c(N)cncc1Br. The van der Waals surface area contributed by atoms with Gasteiger partial charge in [0, 0.05) is 18.8 Å². The summed E-state index contributed by atoms with van der Waals surface area (Å²) in [5.41, 5.74) is 7.46. The molecule has 1 heterocycles. The fraction of sp³-hybridized carbons (Fsp3) is 0.583. The first-order valence-electron chi connectivity index (χ1n) is 5.85. The largest absolute Gasteiger partial charge is 0.396 e. The summed E-state index contributed by atoms with van der Waals surface area (Å²) in [5.74, 6) is 0. The van der Waals surface area contributed by atoms with E-state index >= 15 is 0 Å². The van der Waals surface area contributed by atoms with Crippen LogP contribution in [0.15, 0.2) is 16.9 Å². The van der Waals surface area contributed by atoms with Crippen LogP contribution in [0.2, 0.25) is 0 Å². The summed E-state index contributed by atoms with van der Waals surface area (Å²) in [5, 5.41) is 3.34. The average molecular weight is 301 g/mol. The molecule has 1 rings (SSSR count). The Kier molecular flexibility index (Phi) is 5.71. The van der Waals surface area contributed by atoms with Crippen LogP contribution >= 0.6 is 15.9 Å². The van der Waals surface area contributed by atoms with Gasteiger partial charge >= 0.3 is 0 Å². The summed E-state index contributed by atoms with van der Waals surface area (Å²) in [6, 6.07) is 0.590. The summed E-state index contributed by atoms with van der Waals surface area (Å²) in [4.78, 5) is 6.33. The van der Waals surface area contributed by atoms with Gasteiger partial charge in [0.2, 0.25) is 0 Å². The second kappa shape index (κ2) is 6.81. The maximum Gasteiger partial charge on any atom is 0.0750 e. The number of pyridine rings is 1. The molecule has 0 saturated heterocycles. The molecule has 4 nitrogen and oxygen atoms in total. The van der Waals surface area contributed by atoms with Crippen molar-refractivity contribution in [3.05, 3.63) is 16.9 Å². The van der Waals surface area contributed by atoms with E-state index in [0.29, 0.717) is 11.7 Å². The average Bonchev–Trinajstić information content (AvgIpc) is 2.27. The van der Waals surface area contributed by atoms with Gasteiger partial charge in [0.25, 0.3) is 0 Å². The number of nitrogens with two attached hydrogens (primary N) is 1. The minimum atomic E-state index is 0.590. The van der Waals surface area contributed by atoms with Crippen LogP contribution in [0.5, 0.6) is 0 Å². The number of anilines is 2. The molecule has 1 aromatic rings. The van der Waals surface area contributed by atoms with Crippen molar-refractivity contribution < 1.29 is 0 Å². The number of halogens is 1. The minimum absolute atomic E-state index is 0.590. The van der Waals surface area contributed by atoms with Crippen molar-refractivity contribution in [2.75, 3.05) is 31.2 Å². The van der Waals surface area contributed by atoms with Crippen molar-refractivity contribution in [3.8, 4) is 0 Å². The fourth-order valence-electron chi connectivity index (χ4n) is 1.44. The monoisotopic (exact) mass is 300 g/mol. The Balaban J connectivity index is 2.36. The van der Waals surface area contributed by atoms with Crippen LogP contribution < -0.4 is 11.1 Å². The Hall–Kier alpha value is -0.810. The molecule has 0 saturated carbocycles. The van der Waals surface area contributed by atoms with Gasteiger partial charge in [-0.15, -0.1) is 0 Å². The highest BCUT2D eigenvalue weighted by Gasteiger charge is 2.05. The highest BCUT2D eigenvalue weighted by atomic mass is 79.9. The standard InChI is InChI=1S/C12H21BrN4/c1-9(2)17(3)6-4-5-16-12-10(13)7-15-8-11(12)14/h7-9H,4-6,14H2,1-3H3,(H,15,16). The van der Waals surface area contributed by atoms with Crippen molar-refractivity contribution in [3.63, 3.8) is 0 Å². The molecule has 0 aliphatic rings. The maximum absolute atomic E-state index is 5.85. The van der Waals surface area contributed by atoms with E-state index in [1.54, 1.807) is 12.4 Å². The normalized spacial score (nSPS) is 11.2. The van der Waals surface area contributed by atoms with Gasteiger partial charge in [0.1, 0.15) is 0 Å². The third-order valence-electron chi connectivity index (χ3n) is 2.80. The molecule has 0 unspecified atom stereocenters. The zero-order chi connectivity index (χ0) is 12.8. The Morgan fingerprint density at radius 2 is 2.18 bits per heavy atom. The van der Waals surface area contributed by atoms with Crippen LogP contribution in [0, 0.1) is 0 Å². The van der Waals surface area contributed by atoms with Crippen LogP contribution in [-0.2, 0) is 0 Å². The molecule has 0 aliphatic carbocycles. The van der Waals surface area contributed by atoms with E-state index in [-0.39, 0.29) is 0 Å². The van der Waals surface area contributed by atoms with Crippen molar-refractivity contribution in [2.24, 2.45) is 0 Å². The Morgan fingerprint density at radius 3 is 2.76 bits per heavy atom. The van der Waals surface area contributed by atoms with Crippen molar-refractivity contribution in [1.82, 2.24) is 9.88 Å². The lowest BCUT2D eigenvalue weighted by molar-refractivity contribution is 0.273. The number of nitrogen functional groups attached to an aromatic ring is 1. The quantitative estimate of drug-likeness (QED) is 0.793. The van der Waals surface area contributed by atoms with Crippen molar-refractivity contribution in [1.29, 1.82) is 0 Å². The fourth-order valence-corrected chi connectivity index (χ4v) is 1.92. The van der Waals surface area contributed by atoms with Crippen LogP contribution in [0.1, 0.15) is 20.3 Å². The Labute approximate surface area is 112 Å². The predicted molar refractivity (Wildman–Crippen MR) is 77.2 cm³/mol. The van der Waals surface area contributed by atoms with Crippen LogP contribution in [0.3, 0.4) is 0 Å². The van der Waals surface area contributed by atoms with Gasteiger partial charge in [-0.1, -0.05) is 0 Å². The summed E-state index contributed by atoms with van der Waals surface area (Å²) >= 11 is 3.44. The summed E-state index contributed by atoms with van der Waals surface area (Å²) < 4.78 is 0.912. The van der Waals surface area contributed by atoms with E-state index in [0.717, 1.165) is 29.7 Å². The molecule has 0 radical (unpaired) electrons. The summed E-state index contributed by atoms with van der Waals surface area (Å²) in [6.07, 6.45) is 4.50. The molecule has 1 aromatic heterocycles. The van der Waals surface area contributed by atoms with Gasteiger partial charge in [-0.3, -0.25) is 4.98 Å². The summed E-state index contributed by atoms with van der Waals surface area (Å²) in [6.45, 7) is 6.38. The number of hydrogen-bond donors (Lipinski definition) is 2. The second-order valence-corrected chi connectivity index (χ2v) is 5.29. The first kappa shape index (κ1) is 14.3. The van der Waals surface area contributed by atoms with E-state index in [4.69, 9.17) is 5.73 Å². The minimum Gasteiger partial charge on any atom is -0.396 e. The lowest BCUT2D eigenvalue weighted by atomic mass is 10.3. The van der Waals surface area contributed by atoms with Gasteiger partial charge in [-0.05, 0) is 49.8 Å². The third kappa shape index (κ3) is 4.52. The number of hydrogen-bond acceptors (Lipinski definition) is 4. The zero-order valence-corrected chi connectivity index (χ0v) is 12.3. The molecule has 3 N–H and O–H groups in total. The van der Waals surface area contributed by atoms with E-state index < -0.39 is 0 Å². The van der Waals surface area contributed by atoms with Crippen LogP contribution in [0.4, 0.5) is 11.4 Å². The van der Waals surface area contributed by atoms with Gasteiger partial charge < -0.3 is 16.0 Å². The van der Waals surface area contributed by atoms with E-state index in [1.807, 2.05) is 0 Å². The molecule has 0 spiro atoms. The second-order valence-electron chi connectivity index (χ2n) is 4.44. The first-order valence-corrected chi connectivity index (χ1v) is 6.64. The Morgan fingerprint density at radius 1 is 1.47 bits per heavy atom. The topological polar surface area (TPSA) is 54.2 Å². The van der Waals surface area contributed by atoms with Gasteiger partial charge in [0.05, 0.1) is 22.0 Å². The smallest absolute Gasteiger partial charge is 0.0750 e. The number of nitrogens with one attached hydrogen (secondary N) is 1. The van der Waals surface area contributed by atoms with Crippen molar-refractivity contribution >= 4 is 27.3 Å². The highest BCUT2D eigenvalue weighted by Crippen LogP contribution is 2.26. The molecular formula is C12H21BrN4. The number of aromatic nitrogens is 1. The zero-order valence-electron chi connectivity index (χ0n) is 10.7. The molecule has 96 valence electrons. The van der Waals surface area contributed by atoms with Gasteiger partial charge in [-0.2, -0.15) is 0 Å². The maximum atomic E-state index is 5.85. The van der Waals surface area contributed by atoms with E-state index in [1.165, 1.54) is 0 Å². The van der Waals surface area contributed by atoms with E-state index in [2.05, 4.69) is 52.0 Å². The van der Waals surface area contributed by atoms with E-state index in [9.17, 15) is 0 Å². The predicted octanol–water partition coefficient (Wildman–Crippen LogP) is 2.57. The van der Waals surface area contributed by atoms with Gasteiger partial charge in [-0.25, -0.2) is 0 Å². The molecule has 0 aliphatic heterocycles.